The highest BCUT2D eigenvalue weighted by molar-refractivity contribution is 9.10. The third kappa shape index (κ3) is 5.68. The number of hydrogen-bond donors (Lipinski definition) is 2. The number of benzene rings is 2. The van der Waals surface area contributed by atoms with Crippen LogP contribution >= 0.6 is 15.9 Å². The number of nitrogens with zero attached hydrogens (tertiary/aromatic N) is 1. The molecule has 0 saturated heterocycles. The lowest BCUT2D eigenvalue weighted by atomic mass is 9.84. The lowest BCUT2D eigenvalue weighted by Gasteiger charge is -2.33. The normalized spacial score (nSPS) is 14.2. The van der Waals surface area contributed by atoms with Gasteiger partial charge in [-0.2, -0.15) is 0 Å². The topological polar surface area (TPSA) is 60.8 Å². The molecule has 4 nitrogen and oxygen atoms in total. The van der Waals surface area contributed by atoms with Gasteiger partial charge < -0.3 is 15.1 Å². The van der Waals surface area contributed by atoms with Crippen LogP contribution in [0, 0.1) is 0 Å². The number of carbonyl (C=O) groups is 1. The molecule has 2 aromatic carbocycles. The summed E-state index contributed by atoms with van der Waals surface area (Å²) in [6, 6.07) is 16.7. The molecule has 5 heteroatoms. The first-order chi connectivity index (χ1) is 12.7. The van der Waals surface area contributed by atoms with E-state index in [0.29, 0.717) is 6.42 Å². The summed E-state index contributed by atoms with van der Waals surface area (Å²) < 4.78 is 0.945. The Kier molecular flexibility index (Phi) is 7.22. The summed E-state index contributed by atoms with van der Waals surface area (Å²) in [7, 11) is 0. The average Bonchev–Trinajstić information content (AvgIpc) is 2.62. The third-order valence-electron chi connectivity index (χ3n) is 4.74. The number of amides is 1. The lowest BCUT2D eigenvalue weighted by molar-refractivity contribution is 0.0151. The maximum atomic E-state index is 11.9. The highest BCUT2D eigenvalue weighted by atomic mass is 79.9. The second-order valence-corrected chi connectivity index (χ2v) is 7.90. The molecule has 0 heterocycles. The van der Waals surface area contributed by atoms with Crippen LogP contribution in [0.2, 0.25) is 0 Å². The van der Waals surface area contributed by atoms with Crippen molar-refractivity contribution in [2.24, 2.45) is 0 Å². The van der Waals surface area contributed by atoms with Gasteiger partial charge in [-0.05, 0) is 43.5 Å². The molecule has 2 aromatic rings. The number of rotatable bonds is 8. The number of hydrogen-bond acceptors (Lipinski definition) is 2. The van der Waals surface area contributed by atoms with E-state index in [2.05, 4.69) is 22.5 Å². The minimum Gasteiger partial charge on any atom is -0.465 e. The zero-order valence-electron chi connectivity index (χ0n) is 15.7. The fourth-order valence-corrected chi connectivity index (χ4v) is 3.53. The molecular formula is C22H26BrNO3. The van der Waals surface area contributed by atoms with Gasteiger partial charge in [0.25, 0.3) is 0 Å². The molecule has 2 rings (SSSR count). The zero-order valence-corrected chi connectivity index (χ0v) is 17.3. The largest absolute Gasteiger partial charge is 0.465 e. The van der Waals surface area contributed by atoms with Crippen LogP contribution in [0.5, 0.6) is 0 Å². The Morgan fingerprint density at radius 2 is 1.78 bits per heavy atom. The Balaban J connectivity index is 2.22. The van der Waals surface area contributed by atoms with Crippen LogP contribution in [0.25, 0.3) is 0 Å². The van der Waals surface area contributed by atoms with Crippen LogP contribution in [-0.2, 0) is 5.60 Å². The summed E-state index contributed by atoms with van der Waals surface area (Å²) in [6.45, 7) is 7.87. The number of halogens is 1. The molecule has 0 bridgehead atoms. The van der Waals surface area contributed by atoms with E-state index in [0.717, 1.165) is 21.2 Å². The van der Waals surface area contributed by atoms with Crippen molar-refractivity contribution in [2.75, 3.05) is 6.54 Å². The molecule has 0 spiro atoms. The smallest absolute Gasteiger partial charge is 0.407 e. The molecule has 0 aromatic heterocycles. The van der Waals surface area contributed by atoms with Crippen molar-refractivity contribution in [1.82, 2.24) is 4.90 Å². The summed E-state index contributed by atoms with van der Waals surface area (Å²) in [5, 5.41) is 21.0. The van der Waals surface area contributed by atoms with E-state index < -0.39 is 11.7 Å². The molecular weight excluding hydrogens is 406 g/mol. The molecule has 2 N–H and O–H groups in total. The zero-order chi connectivity index (χ0) is 20.0. The second-order valence-electron chi connectivity index (χ2n) is 6.98. The second kappa shape index (κ2) is 9.20. The van der Waals surface area contributed by atoms with Gasteiger partial charge in [0, 0.05) is 17.4 Å². The van der Waals surface area contributed by atoms with Crippen molar-refractivity contribution in [3.63, 3.8) is 0 Å². The standard InChI is InChI=1S/C22H26BrNO3/c1-16(2)15-22(27,19-7-5-4-6-8-19)13-14-24(21(25)26)17(3)18-9-11-20(23)12-10-18/h4-12,17,27H,1,13-15H2,2-3H3,(H,25,26). The molecule has 1 amide bonds. The highest BCUT2D eigenvalue weighted by Crippen LogP contribution is 2.33. The van der Waals surface area contributed by atoms with Crippen molar-refractivity contribution >= 4 is 22.0 Å². The lowest BCUT2D eigenvalue weighted by Crippen LogP contribution is -2.38. The Morgan fingerprint density at radius 1 is 1.19 bits per heavy atom. The van der Waals surface area contributed by atoms with Crippen molar-refractivity contribution in [2.45, 2.75) is 38.3 Å². The van der Waals surface area contributed by atoms with Gasteiger partial charge in [-0.3, -0.25) is 0 Å². The molecule has 2 atom stereocenters. The molecule has 0 aliphatic heterocycles. The van der Waals surface area contributed by atoms with Crippen molar-refractivity contribution in [3.8, 4) is 0 Å². The summed E-state index contributed by atoms with van der Waals surface area (Å²) in [5.41, 5.74) is 1.38. The molecule has 27 heavy (non-hydrogen) atoms. The first-order valence-electron chi connectivity index (χ1n) is 8.90. The Labute approximate surface area is 169 Å². The minimum atomic E-state index is -1.15. The molecule has 144 valence electrons. The van der Waals surface area contributed by atoms with E-state index in [1.54, 1.807) is 0 Å². The van der Waals surface area contributed by atoms with Crippen LogP contribution in [0.15, 0.2) is 71.2 Å². The average molecular weight is 432 g/mol. The van der Waals surface area contributed by atoms with Crippen LogP contribution < -0.4 is 0 Å². The molecule has 2 unspecified atom stereocenters. The van der Waals surface area contributed by atoms with Crippen molar-refractivity contribution in [1.29, 1.82) is 0 Å². The summed E-state index contributed by atoms with van der Waals surface area (Å²) >= 11 is 3.39. The first kappa shape index (κ1) is 21.2. The van der Waals surface area contributed by atoms with Crippen LogP contribution in [0.1, 0.15) is 43.9 Å². The molecule has 0 fully saturated rings. The summed E-state index contributed by atoms with van der Waals surface area (Å²) in [6.07, 6.45) is -0.329. The fraction of sp³-hybridized carbons (Fsp3) is 0.318. The highest BCUT2D eigenvalue weighted by Gasteiger charge is 2.32. The van der Waals surface area contributed by atoms with Gasteiger partial charge in [-0.25, -0.2) is 4.79 Å². The fourth-order valence-electron chi connectivity index (χ4n) is 3.26. The minimum absolute atomic E-state index is 0.214. The maximum absolute atomic E-state index is 11.9. The van der Waals surface area contributed by atoms with Gasteiger partial charge in [0.05, 0.1) is 11.6 Å². The summed E-state index contributed by atoms with van der Waals surface area (Å²) in [5.74, 6) is 0. The van der Waals surface area contributed by atoms with Gasteiger partial charge in [-0.15, -0.1) is 6.58 Å². The monoisotopic (exact) mass is 431 g/mol. The van der Waals surface area contributed by atoms with Crippen molar-refractivity contribution < 1.29 is 15.0 Å². The molecule has 0 aliphatic rings. The summed E-state index contributed by atoms with van der Waals surface area (Å²) in [4.78, 5) is 13.2. The molecule has 0 radical (unpaired) electrons. The van der Waals surface area contributed by atoms with E-state index in [9.17, 15) is 15.0 Å². The van der Waals surface area contributed by atoms with Gasteiger partial charge in [-0.1, -0.05) is 64.0 Å². The first-order valence-corrected chi connectivity index (χ1v) is 9.69. The van der Waals surface area contributed by atoms with Crippen molar-refractivity contribution in [3.05, 3.63) is 82.3 Å². The predicted octanol–water partition coefficient (Wildman–Crippen LogP) is 5.73. The van der Waals surface area contributed by atoms with Gasteiger partial charge in [0.15, 0.2) is 0 Å². The van der Waals surface area contributed by atoms with Crippen LogP contribution in [0.4, 0.5) is 4.79 Å². The van der Waals surface area contributed by atoms with Gasteiger partial charge in [0.1, 0.15) is 0 Å². The Hall–Kier alpha value is -2.11. The Bertz CT molecular complexity index is 776. The van der Waals surface area contributed by atoms with Crippen LogP contribution in [-0.4, -0.2) is 27.8 Å². The van der Waals surface area contributed by atoms with E-state index in [-0.39, 0.29) is 19.0 Å². The van der Waals surface area contributed by atoms with E-state index in [4.69, 9.17) is 0 Å². The van der Waals surface area contributed by atoms with E-state index in [1.807, 2.05) is 68.4 Å². The third-order valence-corrected chi connectivity index (χ3v) is 5.27. The quantitative estimate of drug-likeness (QED) is 0.524. The number of carboxylic acid groups (broad SMARTS) is 1. The SMILES string of the molecule is C=C(C)CC(O)(CCN(C(=O)O)C(C)c1ccc(Br)cc1)c1ccccc1. The maximum Gasteiger partial charge on any atom is 0.407 e. The molecule has 0 saturated carbocycles. The van der Waals surface area contributed by atoms with Gasteiger partial charge in [0.2, 0.25) is 0 Å². The number of aliphatic hydroxyl groups is 1. The van der Waals surface area contributed by atoms with Gasteiger partial charge >= 0.3 is 6.09 Å². The van der Waals surface area contributed by atoms with E-state index in [1.165, 1.54) is 4.90 Å². The Morgan fingerprint density at radius 3 is 2.30 bits per heavy atom. The molecule has 0 aliphatic carbocycles. The van der Waals surface area contributed by atoms with E-state index >= 15 is 0 Å². The van der Waals surface area contributed by atoms with Crippen LogP contribution in [0.3, 0.4) is 0 Å². The predicted molar refractivity (Wildman–Crippen MR) is 112 cm³/mol.